The first-order valence-electron chi connectivity index (χ1n) is 10.6. The Kier molecular flexibility index (Phi) is 6.96. The van der Waals surface area contributed by atoms with Crippen LogP contribution < -0.4 is 14.8 Å². The van der Waals surface area contributed by atoms with E-state index in [0.717, 1.165) is 60.8 Å². The molecule has 0 spiro atoms. The molecule has 1 aliphatic rings. The van der Waals surface area contributed by atoms with E-state index < -0.39 is 0 Å². The van der Waals surface area contributed by atoms with Gasteiger partial charge in [0.2, 0.25) is 5.95 Å². The number of ether oxygens (including phenoxy) is 2. The molecule has 0 amide bonds. The van der Waals surface area contributed by atoms with Gasteiger partial charge in [0.15, 0.2) is 0 Å². The number of aliphatic hydroxyl groups is 1. The van der Waals surface area contributed by atoms with Gasteiger partial charge in [-0.15, -0.1) is 0 Å². The van der Waals surface area contributed by atoms with Crippen LogP contribution in [0.2, 0.25) is 0 Å². The summed E-state index contributed by atoms with van der Waals surface area (Å²) in [6.07, 6.45) is 5.16. The molecule has 0 saturated carbocycles. The molecule has 7 nitrogen and oxygen atoms in total. The zero-order chi connectivity index (χ0) is 21.5. The van der Waals surface area contributed by atoms with Crippen molar-refractivity contribution in [3.63, 3.8) is 0 Å². The van der Waals surface area contributed by atoms with E-state index in [9.17, 15) is 5.11 Å². The first-order valence-corrected chi connectivity index (χ1v) is 10.6. The SMILES string of the molecule is COc1ccc(-c2cnc(Nc3ccc(OCCN4CCC(O)CC4)cc3)nc2)cc1. The molecule has 2 N–H and O–H groups in total. The third-order valence-corrected chi connectivity index (χ3v) is 5.42. The maximum atomic E-state index is 9.57. The van der Waals surface area contributed by atoms with Crippen molar-refractivity contribution < 1.29 is 14.6 Å². The molecule has 2 heterocycles. The molecule has 0 unspecified atom stereocenters. The van der Waals surface area contributed by atoms with Crippen LogP contribution in [0.15, 0.2) is 60.9 Å². The lowest BCUT2D eigenvalue weighted by molar-refractivity contribution is 0.0755. The predicted molar refractivity (Wildman–Crippen MR) is 121 cm³/mol. The highest BCUT2D eigenvalue weighted by molar-refractivity contribution is 5.63. The zero-order valence-corrected chi connectivity index (χ0v) is 17.7. The number of aliphatic hydroxyl groups excluding tert-OH is 1. The number of likely N-dealkylation sites (tertiary alicyclic amines) is 1. The van der Waals surface area contributed by atoms with Crippen LogP contribution in [0.1, 0.15) is 12.8 Å². The minimum atomic E-state index is -0.139. The van der Waals surface area contributed by atoms with Gasteiger partial charge in [-0.25, -0.2) is 9.97 Å². The van der Waals surface area contributed by atoms with Gasteiger partial charge < -0.3 is 19.9 Å². The highest BCUT2D eigenvalue weighted by Crippen LogP contribution is 2.23. The fraction of sp³-hybridized carbons (Fsp3) is 0.333. The molecule has 0 radical (unpaired) electrons. The smallest absolute Gasteiger partial charge is 0.227 e. The second-order valence-corrected chi connectivity index (χ2v) is 7.59. The van der Waals surface area contributed by atoms with Crippen LogP contribution in [0, 0.1) is 0 Å². The molecule has 4 rings (SSSR count). The van der Waals surface area contributed by atoms with Gasteiger partial charge in [-0.3, -0.25) is 4.90 Å². The van der Waals surface area contributed by atoms with Crippen molar-refractivity contribution in [2.45, 2.75) is 18.9 Å². The van der Waals surface area contributed by atoms with Crippen LogP contribution in [0.5, 0.6) is 11.5 Å². The summed E-state index contributed by atoms with van der Waals surface area (Å²) < 4.78 is 11.0. The fourth-order valence-corrected chi connectivity index (χ4v) is 3.52. The Labute approximate surface area is 182 Å². The van der Waals surface area contributed by atoms with Gasteiger partial charge in [-0.05, 0) is 54.8 Å². The van der Waals surface area contributed by atoms with Crippen molar-refractivity contribution >= 4 is 11.6 Å². The Morgan fingerprint density at radius 3 is 2.23 bits per heavy atom. The van der Waals surface area contributed by atoms with Gasteiger partial charge in [-0.2, -0.15) is 0 Å². The van der Waals surface area contributed by atoms with Crippen molar-refractivity contribution in [3.8, 4) is 22.6 Å². The van der Waals surface area contributed by atoms with Crippen LogP contribution in [-0.4, -0.2) is 59.4 Å². The van der Waals surface area contributed by atoms with Crippen LogP contribution >= 0.6 is 0 Å². The number of rotatable bonds is 8. The van der Waals surface area contributed by atoms with E-state index in [1.165, 1.54) is 0 Å². The van der Waals surface area contributed by atoms with E-state index in [-0.39, 0.29) is 6.10 Å². The molecule has 1 fully saturated rings. The standard InChI is InChI=1S/C24H28N4O3/c1-30-22-6-2-18(3-7-22)19-16-25-24(26-17-19)27-20-4-8-23(9-5-20)31-15-14-28-12-10-21(29)11-13-28/h2-9,16-17,21,29H,10-15H2,1H3,(H,25,26,27). The zero-order valence-electron chi connectivity index (χ0n) is 17.7. The molecule has 1 saturated heterocycles. The topological polar surface area (TPSA) is 79.7 Å². The quantitative estimate of drug-likeness (QED) is 0.575. The molecule has 3 aromatic rings. The van der Waals surface area contributed by atoms with Crippen molar-refractivity contribution in [3.05, 3.63) is 60.9 Å². The van der Waals surface area contributed by atoms with Crippen molar-refractivity contribution in [2.75, 3.05) is 38.7 Å². The summed E-state index contributed by atoms with van der Waals surface area (Å²) in [5, 5.41) is 12.8. The number of nitrogens with one attached hydrogen (secondary N) is 1. The van der Waals surface area contributed by atoms with Gasteiger partial charge in [0.25, 0.3) is 0 Å². The predicted octanol–water partition coefficient (Wildman–Crippen LogP) is 3.73. The Balaban J connectivity index is 1.26. The number of anilines is 2. The molecule has 0 bridgehead atoms. The number of aromatic nitrogens is 2. The summed E-state index contributed by atoms with van der Waals surface area (Å²) in [7, 11) is 1.65. The Hall–Kier alpha value is -3.16. The lowest BCUT2D eigenvalue weighted by Gasteiger charge is -2.29. The maximum absolute atomic E-state index is 9.57. The van der Waals surface area contributed by atoms with Crippen LogP contribution in [0.3, 0.4) is 0 Å². The van der Waals surface area contributed by atoms with Crippen LogP contribution in [0.25, 0.3) is 11.1 Å². The summed E-state index contributed by atoms with van der Waals surface area (Å²) in [5.41, 5.74) is 2.88. The van der Waals surface area contributed by atoms with Crippen molar-refractivity contribution in [2.24, 2.45) is 0 Å². The second-order valence-electron chi connectivity index (χ2n) is 7.59. The van der Waals surface area contributed by atoms with Gasteiger partial charge >= 0.3 is 0 Å². The molecule has 0 atom stereocenters. The number of methoxy groups -OCH3 is 1. The van der Waals surface area contributed by atoms with E-state index in [2.05, 4.69) is 20.2 Å². The number of nitrogens with zero attached hydrogens (tertiary/aromatic N) is 3. The number of benzene rings is 2. The first-order chi connectivity index (χ1) is 15.2. The molecule has 2 aromatic carbocycles. The largest absolute Gasteiger partial charge is 0.497 e. The fourth-order valence-electron chi connectivity index (χ4n) is 3.52. The first kappa shape index (κ1) is 21.1. The second kappa shape index (κ2) is 10.2. The van der Waals surface area contributed by atoms with E-state index in [1.807, 2.05) is 48.5 Å². The van der Waals surface area contributed by atoms with Gasteiger partial charge in [-0.1, -0.05) is 12.1 Å². The summed E-state index contributed by atoms with van der Waals surface area (Å²) in [6.45, 7) is 3.38. The summed E-state index contributed by atoms with van der Waals surface area (Å²) >= 11 is 0. The molecular weight excluding hydrogens is 392 g/mol. The summed E-state index contributed by atoms with van der Waals surface area (Å²) in [4.78, 5) is 11.2. The van der Waals surface area contributed by atoms with Crippen molar-refractivity contribution in [1.82, 2.24) is 14.9 Å². The van der Waals surface area contributed by atoms with E-state index in [0.29, 0.717) is 12.6 Å². The lowest BCUT2D eigenvalue weighted by atomic mass is 10.1. The Morgan fingerprint density at radius 1 is 0.935 bits per heavy atom. The third-order valence-electron chi connectivity index (χ3n) is 5.42. The lowest BCUT2D eigenvalue weighted by Crippen LogP contribution is -2.38. The monoisotopic (exact) mass is 420 g/mol. The van der Waals surface area contributed by atoms with Gasteiger partial charge in [0.1, 0.15) is 18.1 Å². The average molecular weight is 421 g/mol. The number of hydrogen-bond donors (Lipinski definition) is 2. The third kappa shape index (κ3) is 5.93. The number of piperidine rings is 1. The molecule has 0 aliphatic carbocycles. The van der Waals surface area contributed by atoms with Crippen molar-refractivity contribution in [1.29, 1.82) is 0 Å². The van der Waals surface area contributed by atoms with E-state index in [1.54, 1.807) is 19.5 Å². The minimum Gasteiger partial charge on any atom is -0.497 e. The van der Waals surface area contributed by atoms with E-state index >= 15 is 0 Å². The molecule has 31 heavy (non-hydrogen) atoms. The van der Waals surface area contributed by atoms with Crippen LogP contribution in [-0.2, 0) is 0 Å². The molecule has 7 heteroatoms. The van der Waals surface area contributed by atoms with Gasteiger partial charge in [0.05, 0.1) is 13.2 Å². The maximum Gasteiger partial charge on any atom is 0.227 e. The minimum absolute atomic E-state index is 0.139. The summed E-state index contributed by atoms with van der Waals surface area (Å²) in [6, 6.07) is 15.6. The van der Waals surface area contributed by atoms with Crippen LogP contribution in [0.4, 0.5) is 11.6 Å². The molecular formula is C24H28N4O3. The highest BCUT2D eigenvalue weighted by Gasteiger charge is 2.16. The average Bonchev–Trinajstić information content (AvgIpc) is 2.82. The molecule has 1 aliphatic heterocycles. The normalized spacial score (nSPS) is 14.9. The highest BCUT2D eigenvalue weighted by atomic mass is 16.5. The van der Waals surface area contributed by atoms with Gasteiger partial charge in [0, 0.05) is 43.3 Å². The molecule has 162 valence electrons. The number of hydrogen-bond acceptors (Lipinski definition) is 7. The summed E-state index contributed by atoms with van der Waals surface area (Å²) in [5.74, 6) is 2.19. The Bertz CT molecular complexity index is 938. The Morgan fingerprint density at radius 2 is 1.58 bits per heavy atom. The van der Waals surface area contributed by atoms with E-state index in [4.69, 9.17) is 9.47 Å². The molecule has 1 aromatic heterocycles.